The van der Waals surface area contributed by atoms with Gasteiger partial charge < -0.3 is 14.8 Å². The van der Waals surface area contributed by atoms with E-state index in [9.17, 15) is 14.3 Å². The standard InChI is InChI=1S/C26H22FN3O3/c1-16-6-3-8-18(12-16)13-21-25(30-22(26(31)32)14-19-9-5-11-33-19)28-15-23(29-21)20-10-4-7-17(2)24(20)27/h3-12,14-15H,13H2,1-2H3,(H,28,30)(H,31,32)/b22-14-. The molecule has 0 aliphatic heterocycles. The molecule has 0 bridgehead atoms. The quantitative estimate of drug-likeness (QED) is 0.361. The van der Waals surface area contributed by atoms with E-state index in [0.717, 1.165) is 11.1 Å². The van der Waals surface area contributed by atoms with Crippen LogP contribution in [0.4, 0.5) is 10.2 Å². The van der Waals surface area contributed by atoms with E-state index in [1.54, 1.807) is 37.3 Å². The second kappa shape index (κ2) is 9.48. The highest BCUT2D eigenvalue weighted by Gasteiger charge is 2.17. The number of aryl methyl sites for hydroxylation is 2. The number of hydrogen-bond acceptors (Lipinski definition) is 5. The molecule has 0 aliphatic rings. The molecule has 4 aromatic rings. The molecule has 0 aliphatic carbocycles. The number of anilines is 1. The van der Waals surface area contributed by atoms with Gasteiger partial charge in [0, 0.05) is 18.1 Å². The predicted octanol–water partition coefficient (Wildman–Crippen LogP) is 5.62. The fourth-order valence-corrected chi connectivity index (χ4v) is 3.44. The van der Waals surface area contributed by atoms with E-state index in [4.69, 9.17) is 4.42 Å². The minimum Gasteiger partial charge on any atom is -0.477 e. The summed E-state index contributed by atoms with van der Waals surface area (Å²) in [6.45, 7) is 3.68. The summed E-state index contributed by atoms with van der Waals surface area (Å²) in [5.74, 6) is -0.887. The molecule has 6 nitrogen and oxygen atoms in total. The van der Waals surface area contributed by atoms with E-state index in [2.05, 4.69) is 15.3 Å². The van der Waals surface area contributed by atoms with Crippen LogP contribution in [-0.2, 0) is 11.2 Å². The first-order valence-electron chi connectivity index (χ1n) is 10.3. The number of nitrogens with one attached hydrogen (secondary N) is 1. The largest absolute Gasteiger partial charge is 0.477 e. The molecule has 7 heteroatoms. The first-order valence-corrected chi connectivity index (χ1v) is 10.3. The zero-order chi connectivity index (χ0) is 23.4. The van der Waals surface area contributed by atoms with Crippen molar-refractivity contribution in [3.63, 3.8) is 0 Å². The molecule has 2 aromatic carbocycles. The van der Waals surface area contributed by atoms with Crippen molar-refractivity contribution in [1.29, 1.82) is 0 Å². The summed E-state index contributed by atoms with van der Waals surface area (Å²) in [5.41, 5.74) is 3.64. The number of rotatable bonds is 7. The van der Waals surface area contributed by atoms with Crippen LogP contribution in [0.1, 0.15) is 28.1 Å². The predicted molar refractivity (Wildman–Crippen MR) is 124 cm³/mol. The fourth-order valence-electron chi connectivity index (χ4n) is 3.44. The van der Waals surface area contributed by atoms with Crippen LogP contribution in [0.15, 0.2) is 77.2 Å². The normalized spacial score (nSPS) is 11.4. The smallest absolute Gasteiger partial charge is 0.352 e. The van der Waals surface area contributed by atoms with Crippen LogP contribution in [0.3, 0.4) is 0 Å². The van der Waals surface area contributed by atoms with E-state index < -0.39 is 5.97 Å². The van der Waals surface area contributed by atoms with Gasteiger partial charge in [-0.3, -0.25) is 0 Å². The second-order valence-electron chi connectivity index (χ2n) is 7.66. The molecule has 0 radical (unpaired) electrons. The Morgan fingerprint density at radius 1 is 1.15 bits per heavy atom. The summed E-state index contributed by atoms with van der Waals surface area (Å²) in [6, 6.07) is 16.3. The zero-order valence-electron chi connectivity index (χ0n) is 18.2. The number of aromatic nitrogens is 2. The number of carboxylic acid groups (broad SMARTS) is 1. The Morgan fingerprint density at radius 3 is 2.70 bits per heavy atom. The van der Waals surface area contributed by atoms with Crippen LogP contribution in [0, 0.1) is 19.7 Å². The summed E-state index contributed by atoms with van der Waals surface area (Å²) in [4.78, 5) is 20.9. The van der Waals surface area contributed by atoms with Gasteiger partial charge >= 0.3 is 5.97 Å². The molecule has 33 heavy (non-hydrogen) atoms. The van der Waals surface area contributed by atoms with Crippen LogP contribution in [0.25, 0.3) is 17.3 Å². The zero-order valence-corrected chi connectivity index (χ0v) is 18.2. The van der Waals surface area contributed by atoms with Crippen LogP contribution in [0.2, 0.25) is 0 Å². The number of carbonyl (C=O) groups is 1. The molecule has 4 rings (SSSR count). The molecule has 0 saturated carbocycles. The van der Waals surface area contributed by atoms with Crippen molar-refractivity contribution < 1.29 is 18.7 Å². The summed E-state index contributed by atoms with van der Waals surface area (Å²) >= 11 is 0. The number of hydrogen-bond donors (Lipinski definition) is 2. The van der Waals surface area contributed by atoms with Gasteiger partial charge in [-0.05, 0) is 43.2 Å². The molecule has 2 aromatic heterocycles. The molecule has 0 atom stereocenters. The molecule has 0 spiro atoms. The van der Waals surface area contributed by atoms with Crippen LogP contribution in [0.5, 0.6) is 0 Å². The molecule has 0 amide bonds. The lowest BCUT2D eigenvalue weighted by Gasteiger charge is -2.13. The van der Waals surface area contributed by atoms with Crippen molar-refractivity contribution in [2.24, 2.45) is 0 Å². The number of furan rings is 1. The molecule has 2 heterocycles. The lowest BCUT2D eigenvalue weighted by atomic mass is 10.1. The van der Waals surface area contributed by atoms with Gasteiger partial charge in [-0.15, -0.1) is 0 Å². The van der Waals surface area contributed by atoms with E-state index in [0.29, 0.717) is 34.7 Å². The van der Waals surface area contributed by atoms with E-state index in [1.165, 1.54) is 18.5 Å². The third kappa shape index (κ3) is 5.15. The van der Waals surface area contributed by atoms with Crippen molar-refractivity contribution in [1.82, 2.24) is 9.97 Å². The molecular formula is C26H22FN3O3. The number of aliphatic carboxylic acids is 1. The molecule has 0 saturated heterocycles. The van der Waals surface area contributed by atoms with Crippen LogP contribution >= 0.6 is 0 Å². The highest BCUT2D eigenvalue weighted by Crippen LogP contribution is 2.26. The number of carboxylic acids is 1. The highest BCUT2D eigenvalue weighted by atomic mass is 19.1. The Balaban J connectivity index is 1.78. The maximum absolute atomic E-state index is 14.7. The average molecular weight is 443 g/mol. The lowest BCUT2D eigenvalue weighted by molar-refractivity contribution is -0.132. The van der Waals surface area contributed by atoms with Gasteiger partial charge in [-0.1, -0.05) is 42.0 Å². The summed E-state index contributed by atoms with van der Waals surface area (Å²) in [7, 11) is 0. The van der Waals surface area contributed by atoms with Crippen molar-refractivity contribution in [3.05, 3.63) is 107 Å². The molecule has 2 N–H and O–H groups in total. The Labute approximate surface area is 190 Å². The second-order valence-corrected chi connectivity index (χ2v) is 7.66. The Bertz CT molecular complexity index is 1330. The minimum absolute atomic E-state index is 0.126. The van der Waals surface area contributed by atoms with Crippen LogP contribution < -0.4 is 5.32 Å². The van der Waals surface area contributed by atoms with Gasteiger partial charge in [0.25, 0.3) is 0 Å². The van der Waals surface area contributed by atoms with Gasteiger partial charge in [0.05, 0.1) is 23.8 Å². The first-order chi connectivity index (χ1) is 15.9. The van der Waals surface area contributed by atoms with Gasteiger partial charge in [0.1, 0.15) is 17.3 Å². The van der Waals surface area contributed by atoms with E-state index in [1.807, 2.05) is 31.2 Å². The fraction of sp³-hybridized carbons (Fsp3) is 0.115. The minimum atomic E-state index is -1.18. The summed E-state index contributed by atoms with van der Waals surface area (Å²) < 4.78 is 20.0. The Hall–Kier alpha value is -4.26. The van der Waals surface area contributed by atoms with Gasteiger partial charge in [0.2, 0.25) is 0 Å². The lowest BCUT2D eigenvalue weighted by Crippen LogP contribution is -2.14. The molecular weight excluding hydrogens is 421 g/mol. The third-order valence-corrected chi connectivity index (χ3v) is 5.08. The average Bonchev–Trinajstić information content (AvgIpc) is 3.29. The van der Waals surface area contributed by atoms with Gasteiger partial charge in [-0.25, -0.2) is 19.2 Å². The number of benzene rings is 2. The van der Waals surface area contributed by atoms with Crippen LogP contribution in [-0.4, -0.2) is 21.0 Å². The number of nitrogens with zero attached hydrogens (tertiary/aromatic N) is 2. The maximum Gasteiger partial charge on any atom is 0.352 e. The molecule has 0 fully saturated rings. The monoisotopic (exact) mass is 443 g/mol. The van der Waals surface area contributed by atoms with Crippen molar-refractivity contribution in [2.75, 3.05) is 5.32 Å². The maximum atomic E-state index is 14.7. The van der Waals surface area contributed by atoms with E-state index >= 15 is 0 Å². The topological polar surface area (TPSA) is 88.3 Å². The van der Waals surface area contributed by atoms with E-state index in [-0.39, 0.29) is 17.3 Å². The molecule has 166 valence electrons. The first kappa shape index (κ1) is 22.0. The highest BCUT2D eigenvalue weighted by molar-refractivity contribution is 5.95. The molecule has 0 unspecified atom stereocenters. The summed E-state index contributed by atoms with van der Waals surface area (Å²) in [5, 5.41) is 12.5. The third-order valence-electron chi connectivity index (χ3n) is 5.08. The SMILES string of the molecule is Cc1cccc(Cc2nc(-c3cccc(C)c3F)cnc2N/C(=C\c2ccco2)C(=O)O)c1. The van der Waals surface area contributed by atoms with Gasteiger partial charge in [-0.2, -0.15) is 0 Å². The number of halogens is 1. The van der Waals surface area contributed by atoms with Gasteiger partial charge in [0.15, 0.2) is 5.82 Å². The van der Waals surface area contributed by atoms with Crippen molar-refractivity contribution >= 4 is 17.9 Å². The summed E-state index contributed by atoms with van der Waals surface area (Å²) in [6.07, 6.45) is 4.65. The Kier molecular flexibility index (Phi) is 6.31. The van der Waals surface area contributed by atoms with Crippen molar-refractivity contribution in [2.45, 2.75) is 20.3 Å². The van der Waals surface area contributed by atoms with Crippen molar-refractivity contribution in [3.8, 4) is 11.3 Å². The Morgan fingerprint density at radius 2 is 1.97 bits per heavy atom.